The third-order valence-electron chi connectivity index (χ3n) is 3.68. The van der Waals surface area contributed by atoms with E-state index in [4.69, 9.17) is 14.6 Å². The summed E-state index contributed by atoms with van der Waals surface area (Å²) in [6.07, 6.45) is 0.187. The second kappa shape index (κ2) is 6.21. The van der Waals surface area contributed by atoms with Crippen LogP contribution in [0.5, 0.6) is 0 Å². The molecule has 2 aliphatic heterocycles. The number of nitrogens with zero attached hydrogens (tertiary/aromatic N) is 1. The van der Waals surface area contributed by atoms with Crippen molar-refractivity contribution in [3.8, 4) is 0 Å². The minimum Gasteiger partial charge on any atom is -0.479 e. The molecule has 108 valence electrons. The fraction of sp³-hybridized carbons (Fsp3) is 0.833. The van der Waals surface area contributed by atoms with Gasteiger partial charge in [-0.2, -0.15) is 0 Å². The monoisotopic (exact) mass is 272 g/mol. The van der Waals surface area contributed by atoms with Gasteiger partial charge in [0, 0.05) is 25.6 Å². The molecule has 3 atom stereocenters. The van der Waals surface area contributed by atoms with E-state index in [1.165, 1.54) is 4.90 Å². The summed E-state index contributed by atoms with van der Waals surface area (Å²) < 4.78 is 10.5. The second-order valence-electron chi connectivity index (χ2n) is 4.95. The first-order chi connectivity index (χ1) is 9.08. The topological polar surface area (TPSA) is 88.1 Å². The lowest BCUT2D eigenvalue weighted by Crippen LogP contribution is -2.52. The summed E-state index contributed by atoms with van der Waals surface area (Å²) in [5.74, 6) is -0.699. The number of hydrogen-bond donors (Lipinski definition) is 2. The van der Waals surface area contributed by atoms with Crippen LogP contribution in [0.3, 0.4) is 0 Å². The average Bonchev–Trinajstić information content (AvgIpc) is 2.81. The van der Waals surface area contributed by atoms with Gasteiger partial charge in [0.15, 0.2) is 6.10 Å². The first kappa shape index (κ1) is 14.1. The summed E-state index contributed by atoms with van der Waals surface area (Å²) in [7, 11) is 0. The number of ether oxygens (including phenoxy) is 2. The molecular weight excluding hydrogens is 252 g/mol. The molecule has 2 saturated heterocycles. The van der Waals surface area contributed by atoms with E-state index >= 15 is 0 Å². The zero-order valence-corrected chi connectivity index (χ0v) is 11.0. The van der Waals surface area contributed by atoms with Crippen LogP contribution in [0.15, 0.2) is 0 Å². The molecule has 2 fully saturated rings. The fourth-order valence-electron chi connectivity index (χ4n) is 2.36. The van der Waals surface area contributed by atoms with Crippen LogP contribution < -0.4 is 5.32 Å². The minimum atomic E-state index is -1.03. The van der Waals surface area contributed by atoms with Crippen LogP contribution in [0.1, 0.15) is 13.3 Å². The third-order valence-corrected chi connectivity index (χ3v) is 3.68. The highest BCUT2D eigenvalue weighted by Crippen LogP contribution is 2.19. The van der Waals surface area contributed by atoms with Gasteiger partial charge in [-0.3, -0.25) is 0 Å². The Morgan fingerprint density at radius 1 is 1.37 bits per heavy atom. The highest BCUT2D eigenvalue weighted by atomic mass is 16.5. The van der Waals surface area contributed by atoms with Gasteiger partial charge < -0.3 is 24.8 Å². The molecule has 0 spiro atoms. The molecule has 0 aromatic rings. The molecule has 0 saturated carbocycles. The van der Waals surface area contributed by atoms with Crippen LogP contribution in [0.4, 0.5) is 4.79 Å². The molecule has 2 heterocycles. The van der Waals surface area contributed by atoms with E-state index in [1.54, 1.807) is 0 Å². The Balaban J connectivity index is 1.77. The van der Waals surface area contributed by atoms with Crippen LogP contribution in [0, 0.1) is 5.92 Å². The molecule has 0 radical (unpaired) electrons. The largest absolute Gasteiger partial charge is 0.479 e. The highest BCUT2D eigenvalue weighted by Gasteiger charge is 2.30. The second-order valence-corrected chi connectivity index (χ2v) is 4.95. The first-order valence-electron chi connectivity index (χ1n) is 6.56. The van der Waals surface area contributed by atoms with Crippen LogP contribution >= 0.6 is 0 Å². The van der Waals surface area contributed by atoms with Crippen molar-refractivity contribution in [1.82, 2.24) is 10.2 Å². The van der Waals surface area contributed by atoms with Gasteiger partial charge >= 0.3 is 12.0 Å². The first-order valence-corrected chi connectivity index (χ1v) is 6.56. The number of hydrogen-bond acceptors (Lipinski definition) is 4. The molecule has 7 nitrogen and oxygen atoms in total. The standard InChI is InChI=1S/C12H20N2O5/c1-8-9(2-4-18-8)6-13-12(17)14-3-5-19-10(7-14)11(15)16/h8-10H,2-7H2,1H3,(H,13,17)(H,15,16). The number of carboxylic acids is 1. The van der Waals surface area contributed by atoms with Crippen molar-refractivity contribution in [2.75, 3.05) is 32.8 Å². The van der Waals surface area contributed by atoms with E-state index < -0.39 is 12.1 Å². The van der Waals surface area contributed by atoms with E-state index in [9.17, 15) is 9.59 Å². The molecule has 0 aromatic heterocycles. The van der Waals surface area contributed by atoms with Crippen LogP contribution in [-0.4, -0.2) is 67.1 Å². The molecule has 3 unspecified atom stereocenters. The molecule has 2 amide bonds. The molecule has 0 aromatic carbocycles. The maximum Gasteiger partial charge on any atom is 0.334 e. The van der Waals surface area contributed by atoms with E-state index in [1.807, 2.05) is 6.92 Å². The number of carboxylic acid groups (broad SMARTS) is 1. The molecule has 19 heavy (non-hydrogen) atoms. The van der Waals surface area contributed by atoms with E-state index in [-0.39, 0.29) is 25.3 Å². The van der Waals surface area contributed by atoms with Gasteiger partial charge in [-0.15, -0.1) is 0 Å². The smallest absolute Gasteiger partial charge is 0.334 e. The Labute approximate surface area is 111 Å². The molecule has 2 rings (SSSR count). The number of carbonyl (C=O) groups excluding carboxylic acids is 1. The minimum absolute atomic E-state index is 0.0951. The average molecular weight is 272 g/mol. The maximum atomic E-state index is 12.0. The van der Waals surface area contributed by atoms with Crippen molar-refractivity contribution in [2.45, 2.75) is 25.6 Å². The summed E-state index contributed by atoms with van der Waals surface area (Å²) in [6, 6.07) is -0.228. The Hall–Kier alpha value is -1.34. The van der Waals surface area contributed by atoms with Gasteiger partial charge in [-0.1, -0.05) is 0 Å². The zero-order chi connectivity index (χ0) is 13.8. The lowest BCUT2D eigenvalue weighted by molar-refractivity contribution is -0.154. The van der Waals surface area contributed by atoms with Crippen molar-refractivity contribution < 1.29 is 24.2 Å². The van der Waals surface area contributed by atoms with Crippen molar-refractivity contribution in [2.24, 2.45) is 5.92 Å². The zero-order valence-electron chi connectivity index (χ0n) is 11.0. The number of amides is 2. The summed E-state index contributed by atoms with van der Waals surface area (Å²) in [5.41, 5.74) is 0. The number of urea groups is 1. The fourth-order valence-corrected chi connectivity index (χ4v) is 2.36. The summed E-state index contributed by atoms with van der Waals surface area (Å²) in [4.78, 5) is 24.3. The predicted octanol–water partition coefficient (Wildman–Crippen LogP) is -0.0936. The maximum absolute atomic E-state index is 12.0. The van der Waals surface area contributed by atoms with Crippen LogP contribution in [-0.2, 0) is 14.3 Å². The number of morpholine rings is 1. The van der Waals surface area contributed by atoms with Gasteiger partial charge in [0.05, 0.1) is 19.3 Å². The van der Waals surface area contributed by atoms with Crippen LogP contribution in [0.2, 0.25) is 0 Å². The predicted molar refractivity (Wildman–Crippen MR) is 65.9 cm³/mol. The van der Waals surface area contributed by atoms with Gasteiger partial charge in [0.1, 0.15) is 0 Å². The molecule has 2 aliphatic rings. The number of rotatable bonds is 3. The molecule has 0 bridgehead atoms. The number of aliphatic carboxylic acids is 1. The molecule has 0 aliphatic carbocycles. The Bertz CT molecular complexity index is 349. The van der Waals surface area contributed by atoms with Crippen molar-refractivity contribution in [3.63, 3.8) is 0 Å². The van der Waals surface area contributed by atoms with Gasteiger partial charge in [0.2, 0.25) is 0 Å². The number of carbonyl (C=O) groups is 2. The van der Waals surface area contributed by atoms with Crippen LogP contribution in [0.25, 0.3) is 0 Å². The van der Waals surface area contributed by atoms with Crippen molar-refractivity contribution in [3.05, 3.63) is 0 Å². The Kier molecular flexibility index (Phi) is 4.60. The third kappa shape index (κ3) is 3.57. The van der Waals surface area contributed by atoms with Gasteiger partial charge in [-0.25, -0.2) is 9.59 Å². The Morgan fingerprint density at radius 3 is 2.79 bits per heavy atom. The molecular formula is C12H20N2O5. The quantitative estimate of drug-likeness (QED) is 0.749. The number of nitrogens with one attached hydrogen (secondary N) is 1. The molecule has 7 heteroatoms. The normalized spacial score (nSPS) is 31.2. The molecule has 2 N–H and O–H groups in total. The Morgan fingerprint density at radius 2 is 2.16 bits per heavy atom. The summed E-state index contributed by atoms with van der Waals surface area (Å²) >= 11 is 0. The highest BCUT2D eigenvalue weighted by molar-refractivity contribution is 5.77. The van der Waals surface area contributed by atoms with E-state index in [2.05, 4.69) is 5.32 Å². The summed E-state index contributed by atoms with van der Waals surface area (Å²) in [6.45, 7) is 4.08. The van der Waals surface area contributed by atoms with Crippen molar-refractivity contribution >= 4 is 12.0 Å². The summed E-state index contributed by atoms with van der Waals surface area (Å²) in [5, 5.41) is 11.7. The van der Waals surface area contributed by atoms with E-state index in [0.29, 0.717) is 19.0 Å². The van der Waals surface area contributed by atoms with Gasteiger partial charge in [-0.05, 0) is 13.3 Å². The van der Waals surface area contributed by atoms with Crippen molar-refractivity contribution in [1.29, 1.82) is 0 Å². The van der Waals surface area contributed by atoms with Gasteiger partial charge in [0.25, 0.3) is 0 Å². The lowest BCUT2D eigenvalue weighted by atomic mass is 10.0. The lowest BCUT2D eigenvalue weighted by Gasteiger charge is -2.31. The SMILES string of the molecule is CC1OCCC1CNC(=O)N1CCOC(C(=O)O)C1. The van der Waals surface area contributed by atoms with E-state index in [0.717, 1.165) is 13.0 Å².